The Morgan fingerprint density at radius 2 is 1.79 bits per heavy atom. The molecule has 1 heterocycles. The number of nitrogens with zero attached hydrogens (tertiary/aromatic N) is 3. The number of nitro benzene ring substituents is 1. The quantitative estimate of drug-likeness (QED) is 0.472. The second-order valence-corrected chi connectivity index (χ2v) is 6.58. The Labute approximate surface area is 164 Å². The highest BCUT2D eigenvalue weighted by Crippen LogP contribution is 2.27. The van der Waals surface area contributed by atoms with Crippen molar-refractivity contribution in [3.05, 3.63) is 70.3 Å². The highest BCUT2D eigenvalue weighted by Gasteiger charge is 2.18. The van der Waals surface area contributed by atoms with Crippen molar-refractivity contribution in [3.63, 3.8) is 0 Å². The normalized spacial score (nSPS) is 15.0. The summed E-state index contributed by atoms with van der Waals surface area (Å²) in [7, 11) is 0. The summed E-state index contributed by atoms with van der Waals surface area (Å²) in [5.41, 5.74) is 2.10. The lowest BCUT2D eigenvalue weighted by Crippen LogP contribution is -2.46. The third-order valence-electron chi connectivity index (χ3n) is 4.87. The van der Waals surface area contributed by atoms with E-state index in [0.717, 1.165) is 44.1 Å². The van der Waals surface area contributed by atoms with E-state index >= 15 is 0 Å². The molecule has 0 atom stereocenters. The molecule has 0 spiro atoms. The van der Waals surface area contributed by atoms with E-state index in [-0.39, 0.29) is 11.6 Å². The standard InChI is InChI=1S/C21H24N4O3/c1-2-23-13-15-24(16-14-23)20-10-6-4-8-18(20)22-21(26)12-11-17-7-3-5-9-19(17)25(27)28/h3-12H,2,13-16H2,1H3,(H,22,26)/b12-11+. The molecule has 7 heteroatoms. The van der Waals surface area contributed by atoms with Crippen molar-refractivity contribution >= 4 is 29.0 Å². The molecule has 1 aliphatic heterocycles. The minimum atomic E-state index is -0.456. The molecule has 1 fully saturated rings. The number of rotatable bonds is 6. The molecule has 0 radical (unpaired) electrons. The van der Waals surface area contributed by atoms with Gasteiger partial charge in [-0.05, 0) is 30.8 Å². The Hall–Kier alpha value is -3.19. The van der Waals surface area contributed by atoms with Crippen molar-refractivity contribution in [2.45, 2.75) is 6.92 Å². The van der Waals surface area contributed by atoms with Crippen molar-refractivity contribution in [1.29, 1.82) is 0 Å². The minimum Gasteiger partial charge on any atom is -0.367 e. The van der Waals surface area contributed by atoms with Gasteiger partial charge in [-0.25, -0.2) is 0 Å². The summed E-state index contributed by atoms with van der Waals surface area (Å²) in [5, 5.41) is 14.0. The van der Waals surface area contributed by atoms with E-state index in [0.29, 0.717) is 5.56 Å². The van der Waals surface area contributed by atoms with Gasteiger partial charge in [-0.2, -0.15) is 0 Å². The monoisotopic (exact) mass is 380 g/mol. The second-order valence-electron chi connectivity index (χ2n) is 6.58. The summed E-state index contributed by atoms with van der Waals surface area (Å²) < 4.78 is 0. The molecule has 1 aliphatic rings. The SMILES string of the molecule is CCN1CCN(c2ccccc2NC(=O)/C=C/c2ccccc2[N+](=O)[O-])CC1. The lowest BCUT2D eigenvalue weighted by atomic mass is 10.1. The van der Waals surface area contributed by atoms with Crippen LogP contribution in [0.4, 0.5) is 17.1 Å². The predicted octanol–water partition coefficient (Wildman–Crippen LogP) is 3.39. The Bertz CT molecular complexity index is 873. The summed E-state index contributed by atoms with van der Waals surface area (Å²) in [4.78, 5) is 27.7. The van der Waals surface area contributed by atoms with Crippen LogP contribution in [-0.4, -0.2) is 48.5 Å². The van der Waals surface area contributed by atoms with Crippen LogP contribution in [0.3, 0.4) is 0 Å². The van der Waals surface area contributed by atoms with Gasteiger partial charge in [0, 0.05) is 38.3 Å². The van der Waals surface area contributed by atoms with Crippen LogP contribution in [0.2, 0.25) is 0 Å². The van der Waals surface area contributed by atoms with Crippen LogP contribution >= 0.6 is 0 Å². The molecule has 3 rings (SSSR count). The molecular formula is C21H24N4O3. The summed E-state index contributed by atoms with van der Waals surface area (Å²) >= 11 is 0. The third-order valence-corrected chi connectivity index (χ3v) is 4.87. The summed E-state index contributed by atoms with van der Waals surface area (Å²) in [5.74, 6) is -0.321. The first-order valence-electron chi connectivity index (χ1n) is 9.37. The number of nitrogens with one attached hydrogen (secondary N) is 1. The molecule has 0 aliphatic carbocycles. The van der Waals surface area contributed by atoms with E-state index in [4.69, 9.17) is 0 Å². The lowest BCUT2D eigenvalue weighted by Gasteiger charge is -2.36. The van der Waals surface area contributed by atoms with E-state index < -0.39 is 4.92 Å². The van der Waals surface area contributed by atoms with Gasteiger partial charge in [0.05, 0.1) is 21.9 Å². The van der Waals surface area contributed by atoms with Gasteiger partial charge in [0.2, 0.25) is 5.91 Å². The van der Waals surface area contributed by atoms with Crippen molar-refractivity contribution in [3.8, 4) is 0 Å². The highest BCUT2D eigenvalue weighted by atomic mass is 16.6. The first-order valence-corrected chi connectivity index (χ1v) is 9.37. The van der Waals surface area contributed by atoms with E-state index in [9.17, 15) is 14.9 Å². The maximum Gasteiger partial charge on any atom is 0.276 e. The fourth-order valence-corrected chi connectivity index (χ4v) is 3.29. The van der Waals surface area contributed by atoms with Gasteiger partial charge in [-0.15, -0.1) is 0 Å². The lowest BCUT2D eigenvalue weighted by molar-refractivity contribution is -0.385. The Morgan fingerprint density at radius 1 is 1.11 bits per heavy atom. The fraction of sp³-hybridized carbons (Fsp3) is 0.286. The van der Waals surface area contributed by atoms with Gasteiger partial charge in [-0.3, -0.25) is 14.9 Å². The smallest absolute Gasteiger partial charge is 0.276 e. The molecule has 2 aromatic rings. The van der Waals surface area contributed by atoms with Gasteiger partial charge < -0.3 is 15.1 Å². The number of para-hydroxylation sites is 3. The largest absolute Gasteiger partial charge is 0.367 e. The van der Waals surface area contributed by atoms with Crippen molar-refractivity contribution in [2.24, 2.45) is 0 Å². The zero-order valence-corrected chi connectivity index (χ0v) is 15.9. The van der Waals surface area contributed by atoms with Gasteiger partial charge in [-0.1, -0.05) is 31.2 Å². The molecule has 0 saturated carbocycles. The summed E-state index contributed by atoms with van der Waals surface area (Å²) in [6, 6.07) is 14.1. The van der Waals surface area contributed by atoms with Crippen LogP contribution in [0.15, 0.2) is 54.6 Å². The van der Waals surface area contributed by atoms with Crippen LogP contribution in [0.25, 0.3) is 6.08 Å². The van der Waals surface area contributed by atoms with E-state index in [1.165, 1.54) is 18.2 Å². The van der Waals surface area contributed by atoms with Gasteiger partial charge in [0.1, 0.15) is 0 Å². The number of amides is 1. The molecule has 0 aromatic heterocycles. The molecule has 28 heavy (non-hydrogen) atoms. The topological polar surface area (TPSA) is 78.7 Å². The number of carbonyl (C=O) groups excluding carboxylic acids is 1. The van der Waals surface area contributed by atoms with E-state index in [1.807, 2.05) is 24.3 Å². The molecule has 7 nitrogen and oxygen atoms in total. The maximum absolute atomic E-state index is 12.4. The first kappa shape index (κ1) is 19.6. The van der Waals surface area contributed by atoms with Gasteiger partial charge in [0.25, 0.3) is 5.69 Å². The van der Waals surface area contributed by atoms with Crippen LogP contribution in [0.5, 0.6) is 0 Å². The number of likely N-dealkylation sites (N-methyl/N-ethyl adjacent to an activating group) is 1. The highest BCUT2D eigenvalue weighted by molar-refractivity contribution is 6.04. The number of nitro groups is 1. The van der Waals surface area contributed by atoms with Crippen LogP contribution < -0.4 is 10.2 Å². The molecule has 146 valence electrons. The second kappa shape index (κ2) is 9.14. The van der Waals surface area contributed by atoms with E-state index in [2.05, 4.69) is 22.0 Å². The van der Waals surface area contributed by atoms with Crippen LogP contribution in [-0.2, 0) is 4.79 Å². The zero-order valence-electron chi connectivity index (χ0n) is 15.9. The van der Waals surface area contributed by atoms with Crippen molar-refractivity contribution < 1.29 is 9.72 Å². The minimum absolute atomic E-state index is 0.0271. The number of hydrogen-bond donors (Lipinski definition) is 1. The zero-order chi connectivity index (χ0) is 19.9. The molecular weight excluding hydrogens is 356 g/mol. The molecule has 0 unspecified atom stereocenters. The van der Waals surface area contributed by atoms with Gasteiger partial charge >= 0.3 is 0 Å². The molecule has 1 amide bonds. The van der Waals surface area contributed by atoms with Crippen LogP contribution in [0.1, 0.15) is 12.5 Å². The van der Waals surface area contributed by atoms with Crippen LogP contribution in [0, 0.1) is 10.1 Å². The first-order chi connectivity index (χ1) is 13.6. The number of piperazine rings is 1. The average molecular weight is 380 g/mol. The van der Waals surface area contributed by atoms with E-state index in [1.54, 1.807) is 18.2 Å². The molecule has 2 aromatic carbocycles. The number of anilines is 2. The third kappa shape index (κ3) is 4.75. The van der Waals surface area contributed by atoms with Gasteiger partial charge in [0.15, 0.2) is 0 Å². The predicted molar refractivity (Wildman–Crippen MR) is 112 cm³/mol. The number of hydrogen-bond acceptors (Lipinski definition) is 5. The molecule has 1 N–H and O–H groups in total. The Kier molecular flexibility index (Phi) is 6.39. The Morgan fingerprint density at radius 3 is 2.50 bits per heavy atom. The summed E-state index contributed by atoms with van der Waals surface area (Å²) in [6.45, 7) is 7.02. The summed E-state index contributed by atoms with van der Waals surface area (Å²) in [6.07, 6.45) is 2.80. The Balaban J connectivity index is 1.71. The molecule has 1 saturated heterocycles. The molecule has 0 bridgehead atoms. The fourth-order valence-electron chi connectivity index (χ4n) is 3.29. The number of benzene rings is 2. The maximum atomic E-state index is 12.4. The number of carbonyl (C=O) groups is 1. The average Bonchev–Trinajstić information content (AvgIpc) is 2.73. The van der Waals surface area contributed by atoms with Crippen molar-refractivity contribution in [2.75, 3.05) is 42.9 Å². The van der Waals surface area contributed by atoms with Crippen molar-refractivity contribution in [1.82, 2.24) is 4.90 Å².